The van der Waals surface area contributed by atoms with Crippen molar-refractivity contribution in [2.24, 2.45) is 11.7 Å². The fourth-order valence-corrected chi connectivity index (χ4v) is 4.57. The van der Waals surface area contributed by atoms with Crippen LogP contribution in [0.25, 0.3) is 11.1 Å². The van der Waals surface area contributed by atoms with Crippen LogP contribution in [0.3, 0.4) is 0 Å². The molecule has 0 saturated heterocycles. The molecule has 6 heteroatoms. The van der Waals surface area contributed by atoms with Gasteiger partial charge in [-0.2, -0.15) is 0 Å². The van der Waals surface area contributed by atoms with Gasteiger partial charge in [0.1, 0.15) is 12.5 Å². The van der Waals surface area contributed by atoms with E-state index in [0.717, 1.165) is 71.0 Å². The van der Waals surface area contributed by atoms with E-state index in [-0.39, 0.29) is 0 Å². The number of nitrogens with two attached hydrogens (primary N) is 1. The molecule has 1 aliphatic carbocycles. The molecule has 0 radical (unpaired) electrons. The Morgan fingerprint density at radius 1 is 1.06 bits per heavy atom. The van der Waals surface area contributed by atoms with E-state index in [9.17, 15) is 0 Å². The lowest BCUT2D eigenvalue weighted by Crippen LogP contribution is -2.41. The van der Waals surface area contributed by atoms with Gasteiger partial charge in [-0.05, 0) is 67.1 Å². The normalized spacial score (nSPS) is 15.3. The first-order chi connectivity index (χ1) is 17.5. The zero-order valence-electron chi connectivity index (χ0n) is 22.9. The molecule has 1 aliphatic heterocycles. The summed E-state index contributed by atoms with van der Waals surface area (Å²) >= 11 is 6.46. The number of carbonyl (C=O) groups is 1. The maximum atomic E-state index is 8.00. The molecule has 1 saturated carbocycles. The van der Waals surface area contributed by atoms with Crippen LogP contribution in [0.5, 0.6) is 5.75 Å². The largest absolute Gasteiger partial charge is 0.462 e. The molecule has 2 aromatic carbocycles. The van der Waals surface area contributed by atoms with E-state index in [0.29, 0.717) is 13.2 Å². The topological polar surface area (TPSA) is 70.8 Å². The van der Waals surface area contributed by atoms with Crippen molar-refractivity contribution < 1.29 is 19.0 Å². The second-order valence-electron chi connectivity index (χ2n) is 9.21. The SMILES string of the molecule is C=O.CC1CCC1.CCCC1(CCC)OCc2cc(-c3ccc(CCOC)c(Cl)c3)ccc2O1.CN. The second-order valence-corrected chi connectivity index (χ2v) is 9.62. The molecule has 4 rings (SSSR count). The van der Waals surface area contributed by atoms with Gasteiger partial charge in [-0.1, -0.05) is 69.8 Å². The summed E-state index contributed by atoms with van der Waals surface area (Å²) in [5.41, 5.74) is 8.92. The van der Waals surface area contributed by atoms with Crippen molar-refractivity contribution in [1.82, 2.24) is 0 Å². The molecule has 2 aliphatic rings. The molecule has 0 aromatic heterocycles. The lowest BCUT2D eigenvalue weighted by molar-refractivity contribution is -0.214. The molecule has 0 bridgehead atoms. The van der Waals surface area contributed by atoms with E-state index in [4.69, 9.17) is 30.6 Å². The minimum absolute atomic E-state index is 0.468. The number of methoxy groups -OCH3 is 1. The van der Waals surface area contributed by atoms with Crippen molar-refractivity contribution in [2.75, 3.05) is 20.8 Å². The van der Waals surface area contributed by atoms with Crippen molar-refractivity contribution in [1.29, 1.82) is 0 Å². The first-order valence-corrected chi connectivity index (χ1v) is 13.5. The Kier molecular flexibility index (Phi) is 15.6. The summed E-state index contributed by atoms with van der Waals surface area (Å²) in [5, 5.41) is 0.777. The summed E-state index contributed by atoms with van der Waals surface area (Å²) in [4.78, 5) is 8.00. The van der Waals surface area contributed by atoms with Gasteiger partial charge in [-0.15, -0.1) is 0 Å². The zero-order chi connectivity index (χ0) is 27.0. The number of ether oxygens (including phenoxy) is 3. The van der Waals surface area contributed by atoms with E-state index < -0.39 is 5.79 Å². The molecule has 1 heterocycles. The predicted molar refractivity (Wildman–Crippen MR) is 151 cm³/mol. The molecule has 2 aromatic rings. The van der Waals surface area contributed by atoms with Gasteiger partial charge < -0.3 is 24.7 Å². The van der Waals surface area contributed by atoms with Crippen LogP contribution in [0, 0.1) is 5.92 Å². The highest BCUT2D eigenvalue weighted by atomic mass is 35.5. The number of hydrogen-bond donors (Lipinski definition) is 1. The third-order valence-corrected chi connectivity index (χ3v) is 6.82. The molecule has 1 fully saturated rings. The summed E-state index contributed by atoms with van der Waals surface area (Å²) in [6.45, 7) is 9.90. The second kappa shape index (κ2) is 17.5. The van der Waals surface area contributed by atoms with E-state index in [1.165, 1.54) is 26.3 Å². The molecule has 36 heavy (non-hydrogen) atoms. The van der Waals surface area contributed by atoms with Gasteiger partial charge in [0.15, 0.2) is 0 Å². The summed E-state index contributed by atoms with van der Waals surface area (Å²) in [6, 6.07) is 12.5. The molecule has 0 atom stereocenters. The fourth-order valence-electron chi connectivity index (χ4n) is 4.30. The highest BCUT2D eigenvalue weighted by molar-refractivity contribution is 6.31. The zero-order valence-corrected chi connectivity index (χ0v) is 23.7. The molecule has 2 N–H and O–H groups in total. The maximum Gasteiger partial charge on any atom is 0.210 e. The van der Waals surface area contributed by atoms with Crippen LogP contribution < -0.4 is 10.5 Å². The summed E-state index contributed by atoms with van der Waals surface area (Å²) < 4.78 is 17.6. The Bertz CT molecular complexity index is 879. The lowest BCUT2D eigenvalue weighted by atomic mass is 9.88. The van der Waals surface area contributed by atoms with Crippen LogP contribution in [0.2, 0.25) is 5.02 Å². The van der Waals surface area contributed by atoms with Gasteiger partial charge in [-0.25, -0.2) is 0 Å². The highest BCUT2D eigenvalue weighted by Crippen LogP contribution is 2.39. The number of halogens is 1. The number of carbonyl (C=O) groups excluding carboxylic acids is 1. The first kappa shape index (κ1) is 32.1. The van der Waals surface area contributed by atoms with Crippen molar-refractivity contribution >= 4 is 18.4 Å². The number of rotatable bonds is 8. The van der Waals surface area contributed by atoms with Gasteiger partial charge in [0.05, 0.1) is 13.2 Å². The van der Waals surface area contributed by atoms with Crippen molar-refractivity contribution in [3.8, 4) is 16.9 Å². The molecule has 0 spiro atoms. The van der Waals surface area contributed by atoms with Gasteiger partial charge in [0.25, 0.3) is 0 Å². The highest BCUT2D eigenvalue weighted by Gasteiger charge is 2.36. The smallest absolute Gasteiger partial charge is 0.210 e. The summed E-state index contributed by atoms with van der Waals surface area (Å²) in [6.07, 6.45) is 9.20. The molecular formula is C30H46ClNO4. The Labute approximate surface area is 223 Å². The van der Waals surface area contributed by atoms with Crippen LogP contribution in [0.1, 0.15) is 76.8 Å². The number of hydrogen-bond acceptors (Lipinski definition) is 5. The first-order valence-electron chi connectivity index (χ1n) is 13.1. The van der Waals surface area contributed by atoms with E-state index in [1.54, 1.807) is 7.11 Å². The summed E-state index contributed by atoms with van der Waals surface area (Å²) in [5.74, 6) is 1.54. The molecule has 0 unspecified atom stereocenters. The third kappa shape index (κ3) is 9.51. The predicted octanol–water partition coefficient (Wildman–Crippen LogP) is 7.60. The van der Waals surface area contributed by atoms with Crippen LogP contribution in [-0.2, 0) is 27.3 Å². The molecule has 202 valence electrons. The van der Waals surface area contributed by atoms with E-state index in [1.807, 2.05) is 12.9 Å². The quantitative estimate of drug-likeness (QED) is 0.388. The average molecular weight is 520 g/mol. The van der Waals surface area contributed by atoms with Gasteiger partial charge in [0, 0.05) is 30.5 Å². The maximum absolute atomic E-state index is 8.00. The van der Waals surface area contributed by atoms with Crippen LogP contribution in [0.15, 0.2) is 36.4 Å². The lowest BCUT2D eigenvalue weighted by Gasteiger charge is -2.38. The Balaban J connectivity index is 0.000000620. The average Bonchev–Trinajstić information content (AvgIpc) is 2.89. The number of benzene rings is 2. The van der Waals surface area contributed by atoms with E-state index >= 15 is 0 Å². The van der Waals surface area contributed by atoms with Crippen molar-refractivity contribution in [3.05, 3.63) is 52.5 Å². The Hall–Kier alpha value is -1.92. The van der Waals surface area contributed by atoms with Crippen molar-refractivity contribution in [3.63, 3.8) is 0 Å². The van der Waals surface area contributed by atoms with Crippen molar-refractivity contribution in [2.45, 2.75) is 84.5 Å². The number of fused-ring (bicyclic) bond motifs is 1. The molecule has 5 nitrogen and oxygen atoms in total. The molecular weight excluding hydrogens is 474 g/mol. The monoisotopic (exact) mass is 519 g/mol. The fraction of sp³-hybridized carbons (Fsp3) is 0.567. The van der Waals surface area contributed by atoms with Gasteiger partial charge in [-0.3, -0.25) is 0 Å². The Morgan fingerprint density at radius 3 is 2.14 bits per heavy atom. The standard InChI is InChI=1S/C23H29ClO3.C5H10.CH5N.CH2O/c1-4-11-23(12-5-2)26-16-20-14-18(8-9-22(20)27-23)19-7-6-17(10-13-25-3)21(24)15-19;1-5-3-2-4-5;2*1-2/h6-9,14-15H,4-5,10-13,16H2,1-3H3;5H,2-4H2,1H3;2H2,1H3;1H2. The minimum atomic E-state index is -0.468. The minimum Gasteiger partial charge on any atom is -0.462 e. The van der Waals surface area contributed by atoms with E-state index in [2.05, 4.69) is 56.8 Å². The van der Waals surface area contributed by atoms with Crippen LogP contribution in [0.4, 0.5) is 0 Å². The summed E-state index contributed by atoms with van der Waals surface area (Å²) in [7, 11) is 3.20. The van der Waals surface area contributed by atoms with Gasteiger partial charge in [0.2, 0.25) is 5.79 Å². The van der Waals surface area contributed by atoms with Crippen LogP contribution >= 0.6 is 11.6 Å². The third-order valence-electron chi connectivity index (χ3n) is 6.46. The Morgan fingerprint density at radius 2 is 1.64 bits per heavy atom. The molecule has 0 amide bonds. The van der Waals surface area contributed by atoms with Gasteiger partial charge >= 0.3 is 0 Å². The van der Waals surface area contributed by atoms with Crippen LogP contribution in [-0.4, -0.2) is 33.3 Å².